The Bertz CT molecular complexity index is 217. The molecule has 1 aliphatic rings. The first-order valence-corrected chi connectivity index (χ1v) is 6.07. The quantitative estimate of drug-likeness (QED) is 0.748. The van der Waals surface area contributed by atoms with Gasteiger partial charge in [-0.2, -0.15) is 13.2 Å². The third-order valence-electron chi connectivity index (χ3n) is 2.98. The van der Waals surface area contributed by atoms with Crippen molar-refractivity contribution in [2.45, 2.75) is 32.0 Å². The topological polar surface area (TPSA) is 35.5 Å². The first kappa shape index (κ1) is 14.7. The summed E-state index contributed by atoms with van der Waals surface area (Å²) in [6.45, 7) is 5.18. The predicted octanol–water partition coefficient (Wildman–Crippen LogP) is 1.23. The molecule has 0 aromatic heterocycles. The highest BCUT2D eigenvalue weighted by Gasteiger charge is 2.37. The van der Waals surface area contributed by atoms with Gasteiger partial charge in [-0.15, -0.1) is 0 Å². The van der Waals surface area contributed by atoms with Gasteiger partial charge in [-0.25, -0.2) is 0 Å². The maximum absolute atomic E-state index is 12.0. The van der Waals surface area contributed by atoms with E-state index in [1.54, 1.807) is 0 Å². The van der Waals surface area contributed by atoms with Crippen molar-refractivity contribution in [1.82, 2.24) is 10.2 Å². The van der Waals surface area contributed by atoms with Crippen LogP contribution in [0.1, 0.15) is 19.8 Å². The number of halogens is 3. The summed E-state index contributed by atoms with van der Waals surface area (Å²) < 4.78 is 36.0. The molecule has 0 spiro atoms. The number of nitrogens with zero attached hydrogens (tertiary/aromatic N) is 1. The zero-order valence-corrected chi connectivity index (χ0v) is 10.1. The van der Waals surface area contributed by atoms with Crippen LogP contribution in [0.2, 0.25) is 0 Å². The van der Waals surface area contributed by atoms with E-state index in [1.165, 1.54) is 12.8 Å². The second-order valence-corrected chi connectivity index (χ2v) is 4.83. The van der Waals surface area contributed by atoms with Gasteiger partial charge in [0.1, 0.15) is 0 Å². The number of hydrogen-bond acceptors (Lipinski definition) is 3. The summed E-state index contributed by atoms with van der Waals surface area (Å²) in [6, 6.07) is 0. The Labute approximate surface area is 100.0 Å². The van der Waals surface area contributed by atoms with Gasteiger partial charge in [0.15, 0.2) is 6.10 Å². The molecule has 3 nitrogen and oxygen atoms in total. The van der Waals surface area contributed by atoms with Crippen LogP contribution in [0.4, 0.5) is 13.2 Å². The molecule has 0 amide bonds. The number of aliphatic hydroxyl groups is 1. The fourth-order valence-electron chi connectivity index (χ4n) is 2.05. The zero-order valence-electron chi connectivity index (χ0n) is 10.1. The van der Waals surface area contributed by atoms with Crippen LogP contribution in [0.15, 0.2) is 0 Å². The molecule has 0 aliphatic carbocycles. The Balaban J connectivity index is 2.09. The first-order chi connectivity index (χ1) is 7.89. The van der Waals surface area contributed by atoms with Gasteiger partial charge in [0.05, 0.1) is 0 Å². The summed E-state index contributed by atoms with van der Waals surface area (Å²) in [6.07, 6.45) is -4.35. The number of likely N-dealkylation sites (tertiary alicyclic amines) is 1. The van der Waals surface area contributed by atoms with Crippen molar-refractivity contribution in [3.8, 4) is 0 Å². The lowest BCUT2D eigenvalue weighted by Crippen LogP contribution is -2.41. The van der Waals surface area contributed by atoms with E-state index in [4.69, 9.17) is 5.11 Å². The van der Waals surface area contributed by atoms with Crippen molar-refractivity contribution in [3.05, 3.63) is 0 Å². The molecule has 2 unspecified atom stereocenters. The van der Waals surface area contributed by atoms with E-state index in [-0.39, 0.29) is 0 Å². The van der Waals surface area contributed by atoms with E-state index in [2.05, 4.69) is 10.2 Å². The lowest BCUT2D eigenvalue weighted by atomic mass is 10.1. The van der Waals surface area contributed by atoms with Gasteiger partial charge in [-0.3, -0.25) is 0 Å². The summed E-state index contributed by atoms with van der Waals surface area (Å²) in [5.41, 5.74) is 0. The predicted molar refractivity (Wildman–Crippen MR) is 59.8 cm³/mol. The Morgan fingerprint density at radius 3 is 2.35 bits per heavy atom. The molecule has 0 bridgehead atoms. The van der Waals surface area contributed by atoms with E-state index in [0.29, 0.717) is 12.5 Å². The fraction of sp³-hybridized carbons (Fsp3) is 1.00. The maximum atomic E-state index is 12.0. The van der Waals surface area contributed by atoms with Gasteiger partial charge in [0, 0.05) is 13.1 Å². The first-order valence-electron chi connectivity index (χ1n) is 6.07. The molecule has 0 saturated carbocycles. The highest BCUT2D eigenvalue weighted by molar-refractivity contribution is 4.72. The van der Waals surface area contributed by atoms with Gasteiger partial charge >= 0.3 is 6.18 Å². The van der Waals surface area contributed by atoms with Crippen LogP contribution in [-0.2, 0) is 0 Å². The Hall–Kier alpha value is -0.330. The van der Waals surface area contributed by atoms with Gasteiger partial charge < -0.3 is 15.3 Å². The number of nitrogens with one attached hydrogen (secondary N) is 1. The standard InChI is InChI=1S/C11H21F3N2O/c1-9(8-16-4-2-3-5-16)6-15-7-10(17)11(12,13)14/h9-10,15,17H,2-8H2,1H3. The molecule has 0 aromatic carbocycles. The van der Waals surface area contributed by atoms with Gasteiger partial charge in [0.2, 0.25) is 0 Å². The van der Waals surface area contributed by atoms with Crippen LogP contribution in [0.3, 0.4) is 0 Å². The Morgan fingerprint density at radius 1 is 1.24 bits per heavy atom. The highest BCUT2D eigenvalue weighted by Crippen LogP contribution is 2.19. The summed E-state index contributed by atoms with van der Waals surface area (Å²) in [5, 5.41) is 11.5. The molecule has 2 N–H and O–H groups in total. The molecule has 1 heterocycles. The van der Waals surface area contributed by atoms with E-state index < -0.39 is 18.8 Å². The van der Waals surface area contributed by atoms with Crippen LogP contribution < -0.4 is 5.32 Å². The summed E-state index contributed by atoms with van der Waals surface area (Å²) >= 11 is 0. The molecule has 1 aliphatic heterocycles. The number of alkyl halides is 3. The average molecular weight is 254 g/mol. The van der Waals surface area contributed by atoms with E-state index in [1.807, 2.05) is 6.92 Å². The Kier molecular flexibility index (Phi) is 5.69. The van der Waals surface area contributed by atoms with Crippen LogP contribution >= 0.6 is 0 Å². The zero-order chi connectivity index (χ0) is 12.9. The van der Waals surface area contributed by atoms with Gasteiger partial charge in [-0.1, -0.05) is 6.92 Å². The molecule has 0 radical (unpaired) electrons. The van der Waals surface area contributed by atoms with Crippen molar-refractivity contribution >= 4 is 0 Å². The minimum absolute atomic E-state index is 0.300. The van der Waals surface area contributed by atoms with Crippen molar-refractivity contribution in [1.29, 1.82) is 0 Å². The summed E-state index contributed by atoms with van der Waals surface area (Å²) in [5.74, 6) is 0.300. The molecule has 17 heavy (non-hydrogen) atoms. The molecule has 1 rings (SSSR count). The second-order valence-electron chi connectivity index (χ2n) is 4.83. The van der Waals surface area contributed by atoms with E-state index >= 15 is 0 Å². The number of rotatable bonds is 6. The molecular weight excluding hydrogens is 233 g/mol. The van der Waals surface area contributed by atoms with Crippen molar-refractivity contribution in [3.63, 3.8) is 0 Å². The molecule has 102 valence electrons. The average Bonchev–Trinajstić information content (AvgIpc) is 2.68. The monoisotopic (exact) mass is 254 g/mol. The second kappa shape index (κ2) is 6.56. The van der Waals surface area contributed by atoms with Crippen LogP contribution in [0, 0.1) is 5.92 Å². The normalized spacial score (nSPS) is 21.7. The Morgan fingerprint density at radius 2 is 1.82 bits per heavy atom. The van der Waals surface area contributed by atoms with Crippen LogP contribution in [0.5, 0.6) is 0 Å². The highest BCUT2D eigenvalue weighted by atomic mass is 19.4. The minimum atomic E-state index is -4.52. The van der Waals surface area contributed by atoms with Crippen molar-refractivity contribution < 1.29 is 18.3 Å². The third kappa shape index (κ3) is 5.70. The third-order valence-corrected chi connectivity index (χ3v) is 2.98. The van der Waals surface area contributed by atoms with E-state index in [0.717, 1.165) is 19.6 Å². The lowest BCUT2D eigenvalue weighted by Gasteiger charge is -2.21. The SMILES string of the molecule is CC(CNCC(O)C(F)(F)F)CN1CCCC1. The lowest BCUT2D eigenvalue weighted by molar-refractivity contribution is -0.201. The largest absolute Gasteiger partial charge is 0.415 e. The summed E-state index contributed by atoms with van der Waals surface area (Å²) in [4.78, 5) is 2.33. The fourth-order valence-corrected chi connectivity index (χ4v) is 2.05. The summed E-state index contributed by atoms with van der Waals surface area (Å²) in [7, 11) is 0. The van der Waals surface area contributed by atoms with Crippen LogP contribution in [0.25, 0.3) is 0 Å². The molecule has 2 atom stereocenters. The van der Waals surface area contributed by atoms with Crippen molar-refractivity contribution in [2.75, 3.05) is 32.7 Å². The molecule has 6 heteroatoms. The maximum Gasteiger partial charge on any atom is 0.415 e. The molecule has 0 aromatic rings. The molecular formula is C11H21F3N2O. The molecule has 1 saturated heterocycles. The molecule has 1 fully saturated rings. The minimum Gasteiger partial charge on any atom is -0.382 e. The van der Waals surface area contributed by atoms with Gasteiger partial charge in [0.25, 0.3) is 0 Å². The number of aliphatic hydroxyl groups excluding tert-OH is 1. The van der Waals surface area contributed by atoms with Gasteiger partial charge in [-0.05, 0) is 38.4 Å². The van der Waals surface area contributed by atoms with Crippen molar-refractivity contribution in [2.24, 2.45) is 5.92 Å². The smallest absolute Gasteiger partial charge is 0.382 e. The van der Waals surface area contributed by atoms with Crippen LogP contribution in [-0.4, -0.2) is 55.0 Å². The van der Waals surface area contributed by atoms with E-state index in [9.17, 15) is 13.2 Å². The number of hydrogen-bond donors (Lipinski definition) is 2.